The van der Waals surface area contributed by atoms with Crippen LogP contribution in [0.3, 0.4) is 0 Å². The third-order valence-electron chi connectivity index (χ3n) is 1.52. The summed E-state index contributed by atoms with van der Waals surface area (Å²) in [6.07, 6.45) is 0.917. The van der Waals surface area contributed by atoms with Gasteiger partial charge in [0.1, 0.15) is 6.04 Å². The molecule has 0 spiro atoms. The van der Waals surface area contributed by atoms with Crippen LogP contribution in [-0.2, 0) is 4.79 Å². The van der Waals surface area contributed by atoms with Crippen LogP contribution in [-0.4, -0.2) is 36.7 Å². The van der Waals surface area contributed by atoms with Crippen LogP contribution in [0.4, 0.5) is 4.79 Å². The zero-order valence-electron chi connectivity index (χ0n) is 7.54. The van der Waals surface area contributed by atoms with Gasteiger partial charge >= 0.3 is 12.0 Å². The second kappa shape index (κ2) is 6.24. The Balaban J connectivity index is 3.35. The van der Waals surface area contributed by atoms with E-state index in [1.54, 1.807) is 0 Å². The van der Waals surface area contributed by atoms with Gasteiger partial charge in [-0.05, 0) is 12.8 Å². The summed E-state index contributed by atoms with van der Waals surface area (Å²) in [5.74, 6) is -1.01. The van der Waals surface area contributed by atoms with E-state index in [0.29, 0.717) is 19.4 Å². The Morgan fingerprint density at radius 3 is 2.62 bits per heavy atom. The third-order valence-corrected chi connectivity index (χ3v) is 1.52. The van der Waals surface area contributed by atoms with Gasteiger partial charge in [-0.3, -0.25) is 4.79 Å². The number of carboxylic acids is 1. The summed E-state index contributed by atoms with van der Waals surface area (Å²) in [5, 5.41) is 13.3. The maximum atomic E-state index is 10.6. The van der Waals surface area contributed by atoms with Crippen molar-refractivity contribution >= 4 is 12.0 Å². The van der Waals surface area contributed by atoms with E-state index in [-0.39, 0.29) is 6.03 Å². The molecule has 0 unspecified atom stereocenters. The summed E-state index contributed by atoms with van der Waals surface area (Å²) in [7, 11) is 1.51. The molecule has 76 valence electrons. The Labute approximate surface area is 76.5 Å². The van der Waals surface area contributed by atoms with Crippen LogP contribution in [0.2, 0.25) is 0 Å². The Morgan fingerprint density at radius 1 is 1.54 bits per heavy atom. The quantitative estimate of drug-likeness (QED) is 0.421. The Kier molecular flexibility index (Phi) is 5.62. The van der Waals surface area contributed by atoms with Gasteiger partial charge in [-0.2, -0.15) is 0 Å². The molecule has 0 aliphatic carbocycles. The molecule has 0 bridgehead atoms. The number of aliphatic carboxylic acids is 1. The molecule has 0 aliphatic rings. The van der Waals surface area contributed by atoms with Gasteiger partial charge in [0.2, 0.25) is 0 Å². The largest absolute Gasteiger partial charge is 0.480 e. The van der Waals surface area contributed by atoms with E-state index in [2.05, 4.69) is 10.6 Å². The first-order valence-corrected chi connectivity index (χ1v) is 4.02. The predicted octanol–water partition coefficient (Wildman–Crippen LogP) is -0.892. The second-order valence-electron chi connectivity index (χ2n) is 2.59. The number of amides is 2. The monoisotopic (exact) mass is 189 g/mol. The van der Waals surface area contributed by atoms with Gasteiger partial charge in [0, 0.05) is 13.6 Å². The lowest BCUT2D eigenvalue weighted by atomic mass is 10.2. The van der Waals surface area contributed by atoms with Crippen molar-refractivity contribution in [1.82, 2.24) is 10.6 Å². The van der Waals surface area contributed by atoms with Crippen molar-refractivity contribution in [2.75, 3.05) is 13.6 Å². The molecule has 13 heavy (non-hydrogen) atoms. The number of hydrogen-bond donors (Lipinski definition) is 4. The summed E-state index contributed by atoms with van der Waals surface area (Å²) in [4.78, 5) is 20.9. The predicted molar refractivity (Wildman–Crippen MR) is 47.3 cm³/mol. The lowest BCUT2D eigenvalue weighted by molar-refractivity contribution is -0.138. The lowest BCUT2D eigenvalue weighted by Crippen LogP contribution is -2.35. The average molecular weight is 189 g/mol. The zero-order valence-corrected chi connectivity index (χ0v) is 7.54. The molecule has 2 amide bonds. The molecule has 6 nitrogen and oxygen atoms in total. The van der Waals surface area contributed by atoms with Gasteiger partial charge in [-0.25, -0.2) is 4.79 Å². The molecule has 0 aromatic heterocycles. The lowest BCUT2D eigenvalue weighted by Gasteiger charge is -2.06. The summed E-state index contributed by atoms with van der Waals surface area (Å²) < 4.78 is 0. The van der Waals surface area contributed by atoms with Gasteiger partial charge in [-0.15, -0.1) is 0 Å². The summed E-state index contributed by atoms with van der Waals surface area (Å²) in [6, 6.07) is -1.12. The molecule has 0 fully saturated rings. The second-order valence-corrected chi connectivity index (χ2v) is 2.59. The fourth-order valence-corrected chi connectivity index (χ4v) is 0.736. The van der Waals surface area contributed by atoms with Crippen LogP contribution in [0.15, 0.2) is 0 Å². The van der Waals surface area contributed by atoms with Crippen LogP contribution >= 0.6 is 0 Å². The Morgan fingerprint density at radius 2 is 2.15 bits per heavy atom. The van der Waals surface area contributed by atoms with Gasteiger partial charge in [0.05, 0.1) is 0 Å². The molecule has 0 saturated heterocycles. The minimum Gasteiger partial charge on any atom is -0.480 e. The first kappa shape index (κ1) is 11.7. The molecule has 1 atom stereocenters. The SMILES string of the molecule is CNC(=O)NCCC[C@H](N)C(=O)O. The molecule has 0 saturated carbocycles. The molecule has 0 rings (SSSR count). The Hall–Kier alpha value is -1.30. The van der Waals surface area contributed by atoms with E-state index in [9.17, 15) is 9.59 Å². The van der Waals surface area contributed by atoms with Crippen molar-refractivity contribution in [2.45, 2.75) is 18.9 Å². The molecule has 0 heterocycles. The number of nitrogens with one attached hydrogen (secondary N) is 2. The maximum absolute atomic E-state index is 10.6. The highest BCUT2D eigenvalue weighted by molar-refractivity contribution is 5.73. The summed E-state index contributed by atoms with van der Waals surface area (Å²) in [6.45, 7) is 0.431. The van der Waals surface area contributed by atoms with E-state index in [0.717, 1.165) is 0 Å². The first-order valence-electron chi connectivity index (χ1n) is 4.02. The van der Waals surface area contributed by atoms with Crippen LogP contribution in [0.25, 0.3) is 0 Å². The fourth-order valence-electron chi connectivity index (χ4n) is 0.736. The van der Waals surface area contributed by atoms with E-state index < -0.39 is 12.0 Å². The average Bonchev–Trinajstić information content (AvgIpc) is 2.11. The third kappa shape index (κ3) is 5.92. The topological polar surface area (TPSA) is 104 Å². The highest BCUT2D eigenvalue weighted by atomic mass is 16.4. The van der Waals surface area contributed by atoms with Crippen LogP contribution in [0.1, 0.15) is 12.8 Å². The highest BCUT2D eigenvalue weighted by Crippen LogP contribution is 1.92. The smallest absolute Gasteiger partial charge is 0.320 e. The van der Waals surface area contributed by atoms with Gasteiger partial charge in [0.15, 0.2) is 0 Å². The summed E-state index contributed by atoms with van der Waals surface area (Å²) in [5.41, 5.74) is 5.24. The summed E-state index contributed by atoms with van der Waals surface area (Å²) >= 11 is 0. The molecule has 0 aromatic carbocycles. The van der Waals surface area contributed by atoms with Crippen LogP contribution in [0, 0.1) is 0 Å². The van der Waals surface area contributed by atoms with Gasteiger partial charge in [-0.1, -0.05) is 0 Å². The van der Waals surface area contributed by atoms with Crippen molar-refractivity contribution in [1.29, 1.82) is 0 Å². The minimum atomic E-state index is -1.01. The minimum absolute atomic E-state index is 0.274. The normalized spacial score (nSPS) is 11.8. The van der Waals surface area contributed by atoms with Crippen molar-refractivity contribution in [3.63, 3.8) is 0 Å². The molecule has 6 heteroatoms. The number of rotatable bonds is 5. The molecule has 0 radical (unpaired) electrons. The first-order chi connectivity index (χ1) is 6.07. The number of nitrogens with two attached hydrogens (primary N) is 1. The van der Waals surface area contributed by atoms with Crippen molar-refractivity contribution in [3.8, 4) is 0 Å². The van der Waals surface area contributed by atoms with Crippen LogP contribution < -0.4 is 16.4 Å². The number of urea groups is 1. The number of carboxylic acid groups (broad SMARTS) is 1. The molecular formula is C7H15N3O3. The van der Waals surface area contributed by atoms with E-state index in [1.807, 2.05) is 0 Å². The van der Waals surface area contributed by atoms with E-state index >= 15 is 0 Å². The Bertz CT molecular complexity index is 184. The fraction of sp³-hybridized carbons (Fsp3) is 0.714. The maximum Gasteiger partial charge on any atom is 0.320 e. The zero-order chi connectivity index (χ0) is 10.3. The molecule has 0 aromatic rings. The van der Waals surface area contributed by atoms with E-state index in [4.69, 9.17) is 10.8 Å². The number of carbonyl (C=O) groups is 2. The van der Waals surface area contributed by atoms with Gasteiger partial charge in [0.25, 0.3) is 0 Å². The molecule has 0 aliphatic heterocycles. The highest BCUT2D eigenvalue weighted by Gasteiger charge is 2.09. The number of carbonyl (C=O) groups excluding carboxylic acids is 1. The van der Waals surface area contributed by atoms with Gasteiger partial charge < -0.3 is 21.5 Å². The van der Waals surface area contributed by atoms with E-state index in [1.165, 1.54) is 7.05 Å². The van der Waals surface area contributed by atoms with Crippen LogP contribution in [0.5, 0.6) is 0 Å². The molecule has 5 N–H and O–H groups in total. The standard InChI is InChI=1S/C7H15N3O3/c1-9-7(13)10-4-2-3-5(8)6(11)12/h5H,2-4,8H2,1H3,(H,11,12)(H2,9,10,13)/t5-/m0/s1. The molecular weight excluding hydrogens is 174 g/mol. The van der Waals surface area contributed by atoms with Crippen molar-refractivity contribution in [3.05, 3.63) is 0 Å². The number of hydrogen-bond acceptors (Lipinski definition) is 3. The van der Waals surface area contributed by atoms with Crippen molar-refractivity contribution in [2.24, 2.45) is 5.73 Å². The van der Waals surface area contributed by atoms with Crippen molar-refractivity contribution < 1.29 is 14.7 Å².